The van der Waals surface area contributed by atoms with Crippen molar-refractivity contribution < 1.29 is 14.7 Å². The van der Waals surface area contributed by atoms with Crippen LogP contribution in [-0.4, -0.2) is 51.0 Å². The first-order chi connectivity index (χ1) is 10.1. The van der Waals surface area contributed by atoms with Gasteiger partial charge in [-0.1, -0.05) is 0 Å². The Labute approximate surface area is 122 Å². The second-order valence-corrected chi connectivity index (χ2v) is 5.86. The first-order valence-corrected chi connectivity index (χ1v) is 7.38. The highest BCUT2D eigenvalue weighted by Crippen LogP contribution is 2.21. The van der Waals surface area contributed by atoms with Crippen LogP contribution >= 0.6 is 0 Å². The lowest BCUT2D eigenvalue weighted by molar-refractivity contribution is -0.141. The van der Waals surface area contributed by atoms with Crippen LogP contribution in [0.5, 0.6) is 0 Å². The molecule has 2 unspecified atom stereocenters. The van der Waals surface area contributed by atoms with E-state index in [1.54, 1.807) is 6.33 Å². The molecule has 3 N–H and O–H groups in total. The Kier molecular flexibility index (Phi) is 3.92. The lowest BCUT2D eigenvalue weighted by Crippen LogP contribution is -2.52. The summed E-state index contributed by atoms with van der Waals surface area (Å²) in [5, 5.41) is 12.1. The Morgan fingerprint density at radius 2 is 2.33 bits per heavy atom. The van der Waals surface area contributed by atoms with Gasteiger partial charge >= 0.3 is 5.97 Å². The van der Waals surface area contributed by atoms with Gasteiger partial charge in [0.15, 0.2) is 0 Å². The van der Waals surface area contributed by atoms with Crippen LogP contribution in [-0.2, 0) is 22.6 Å². The van der Waals surface area contributed by atoms with Crippen molar-refractivity contribution in [1.82, 2.24) is 20.2 Å². The van der Waals surface area contributed by atoms with Gasteiger partial charge in [-0.25, -0.2) is 4.98 Å². The molecule has 3 rings (SSSR count). The van der Waals surface area contributed by atoms with Crippen molar-refractivity contribution in [2.24, 2.45) is 5.92 Å². The monoisotopic (exact) mass is 292 g/mol. The molecule has 1 fully saturated rings. The number of aromatic amines is 1. The molecule has 3 heterocycles. The second-order valence-electron chi connectivity index (χ2n) is 5.86. The summed E-state index contributed by atoms with van der Waals surface area (Å²) in [4.78, 5) is 32.5. The van der Waals surface area contributed by atoms with E-state index in [0.717, 1.165) is 30.8 Å². The number of piperidine rings is 1. The number of carbonyl (C=O) groups excluding carboxylic acids is 1. The number of rotatable bonds is 3. The lowest BCUT2D eigenvalue weighted by atomic mass is 9.93. The molecule has 2 aliphatic heterocycles. The number of nitrogens with one attached hydrogen (secondary N) is 2. The molecule has 0 radical (unpaired) electrons. The number of carboxylic acid groups (broad SMARTS) is 1. The Bertz CT molecular complexity index is 542. The molecule has 2 aliphatic rings. The average molecular weight is 292 g/mol. The molecule has 7 heteroatoms. The number of aliphatic carboxylic acids is 1. The predicted octanol–water partition coefficient (Wildman–Crippen LogP) is 0.137. The number of aromatic nitrogens is 2. The fraction of sp³-hybridized carbons (Fsp3) is 0.643. The van der Waals surface area contributed by atoms with Crippen LogP contribution in [0.15, 0.2) is 6.33 Å². The van der Waals surface area contributed by atoms with Crippen LogP contribution in [0.3, 0.4) is 0 Å². The predicted molar refractivity (Wildman–Crippen MR) is 74.5 cm³/mol. The Morgan fingerprint density at radius 3 is 3.14 bits per heavy atom. The van der Waals surface area contributed by atoms with Crippen molar-refractivity contribution in [1.29, 1.82) is 0 Å². The summed E-state index contributed by atoms with van der Waals surface area (Å²) in [6.07, 6.45) is 4.16. The van der Waals surface area contributed by atoms with Crippen molar-refractivity contribution in [3.8, 4) is 0 Å². The number of likely N-dealkylation sites (tertiary alicyclic amines) is 1. The van der Waals surface area contributed by atoms with Gasteiger partial charge in [-0.3, -0.25) is 14.9 Å². The van der Waals surface area contributed by atoms with Crippen LogP contribution in [0.4, 0.5) is 0 Å². The third-order valence-corrected chi connectivity index (χ3v) is 4.32. The van der Waals surface area contributed by atoms with E-state index in [9.17, 15) is 9.59 Å². The number of carboxylic acids is 1. The summed E-state index contributed by atoms with van der Waals surface area (Å²) in [6, 6.07) is -0.246. The molecule has 1 amide bonds. The van der Waals surface area contributed by atoms with Gasteiger partial charge in [0.25, 0.3) is 0 Å². The molecule has 0 bridgehead atoms. The van der Waals surface area contributed by atoms with E-state index in [-0.39, 0.29) is 24.3 Å². The summed E-state index contributed by atoms with van der Waals surface area (Å²) in [5.41, 5.74) is 1.99. The SMILES string of the molecule is O=C(O)CC1CCCN(C(=O)C2Cc3nc[nH]c3CN2)C1. The van der Waals surface area contributed by atoms with Crippen molar-refractivity contribution in [3.63, 3.8) is 0 Å². The fourth-order valence-corrected chi connectivity index (χ4v) is 3.24. The van der Waals surface area contributed by atoms with Crippen LogP contribution in [0, 0.1) is 5.92 Å². The van der Waals surface area contributed by atoms with E-state index < -0.39 is 5.97 Å². The maximum Gasteiger partial charge on any atom is 0.303 e. The minimum absolute atomic E-state index is 0.0683. The molecule has 0 aromatic carbocycles. The van der Waals surface area contributed by atoms with E-state index in [1.165, 1.54) is 0 Å². The van der Waals surface area contributed by atoms with E-state index in [4.69, 9.17) is 5.11 Å². The summed E-state index contributed by atoms with van der Waals surface area (Å²) in [6.45, 7) is 1.90. The lowest BCUT2D eigenvalue weighted by Gasteiger charge is -2.35. The van der Waals surface area contributed by atoms with Crippen LogP contribution in [0.2, 0.25) is 0 Å². The van der Waals surface area contributed by atoms with Crippen molar-refractivity contribution in [3.05, 3.63) is 17.7 Å². The number of imidazole rings is 1. The highest BCUT2D eigenvalue weighted by Gasteiger charge is 2.32. The average Bonchev–Trinajstić information content (AvgIpc) is 2.93. The number of H-pyrrole nitrogens is 1. The Balaban J connectivity index is 1.61. The zero-order valence-corrected chi connectivity index (χ0v) is 11.8. The topological polar surface area (TPSA) is 98.3 Å². The number of hydrogen-bond acceptors (Lipinski definition) is 4. The maximum absolute atomic E-state index is 12.6. The molecule has 7 nitrogen and oxygen atoms in total. The molecule has 21 heavy (non-hydrogen) atoms. The van der Waals surface area contributed by atoms with Crippen LogP contribution in [0.1, 0.15) is 30.7 Å². The first-order valence-electron chi connectivity index (χ1n) is 7.38. The minimum atomic E-state index is -0.786. The molecule has 1 saturated heterocycles. The molecular weight excluding hydrogens is 272 g/mol. The van der Waals surface area contributed by atoms with Gasteiger partial charge in [-0.05, 0) is 18.8 Å². The van der Waals surface area contributed by atoms with Gasteiger partial charge in [0, 0.05) is 32.5 Å². The summed E-state index contributed by atoms with van der Waals surface area (Å²) < 4.78 is 0. The molecule has 1 aromatic heterocycles. The molecule has 1 aromatic rings. The molecule has 0 aliphatic carbocycles. The maximum atomic E-state index is 12.6. The fourth-order valence-electron chi connectivity index (χ4n) is 3.24. The number of amides is 1. The molecule has 114 valence electrons. The number of fused-ring (bicyclic) bond motifs is 1. The molecule has 0 saturated carbocycles. The van der Waals surface area contributed by atoms with Gasteiger partial charge in [0.05, 0.1) is 23.8 Å². The zero-order valence-electron chi connectivity index (χ0n) is 11.8. The van der Waals surface area contributed by atoms with Gasteiger partial charge in [0.2, 0.25) is 5.91 Å². The zero-order chi connectivity index (χ0) is 14.8. The van der Waals surface area contributed by atoms with Crippen molar-refractivity contribution >= 4 is 11.9 Å². The number of hydrogen-bond donors (Lipinski definition) is 3. The quantitative estimate of drug-likeness (QED) is 0.736. The van der Waals surface area contributed by atoms with Gasteiger partial charge in [-0.15, -0.1) is 0 Å². The van der Waals surface area contributed by atoms with Crippen molar-refractivity contribution in [2.75, 3.05) is 13.1 Å². The van der Waals surface area contributed by atoms with E-state index in [1.807, 2.05) is 4.90 Å². The standard InChI is InChI=1S/C14H20N4O3/c19-13(20)4-9-2-1-3-18(7-9)14(21)11-5-10-12(6-15-11)17-8-16-10/h8-9,11,15H,1-7H2,(H,16,17)(H,19,20). The highest BCUT2D eigenvalue weighted by atomic mass is 16.4. The summed E-state index contributed by atoms with van der Waals surface area (Å²) in [5.74, 6) is -0.644. The normalized spacial score (nSPS) is 25.4. The van der Waals surface area contributed by atoms with Gasteiger partial charge in [-0.2, -0.15) is 0 Å². The Hall–Kier alpha value is -1.89. The summed E-state index contributed by atoms with van der Waals surface area (Å²) in [7, 11) is 0. The molecular formula is C14H20N4O3. The smallest absolute Gasteiger partial charge is 0.303 e. The second kappa shape index (κ2) is 5.85. The third kappa shape index (κ3) is 3.07. The van der Waals surface area contributed by atoms with E-state index >= 15 is 0 Å². The highest BCUT2D eigenvalue weighted by molar-refractivity contribution is 5.82. The molecule has 0 spiro atoms. The van der Waals surface area contributed by atoms with Crippen LogP contribution in [0.25, 0.3) is 0 Å². The first kappa shape index (κ1) is 14.1. The third-order valence-electron chi connectivity index (χ3n) is 4.32. The number of nitrogens with zero attached hydrogens (tertiary/aromatic N) is 2. The van der Waals surface area contributed by atoms with Gasteiger partial charge in [0.1, 0.15) is 0 Å². The number of carbonyl (C=O) groups is 2. The molecule has 2 atom stereocenters. The summed E-state index contributed by atoms with van der Waals surface area (Å²) >= 11 is 0. The van der Waals surface area contributed by atoms with Crippen molar-refractivity contribution in [2.45, 2.75) is 38.3 Å². The minimum Gasteiger partial charge on any atom is -0.481 e. The van der Waals surface area contributed by atoms with Crippen LogP contribution < -0.4 is 5.32 Å². The largest absolute Gasteiger partial charge is 0.481 e. The van der Waals surface area contributed by atoms with E-state index in [0.29, 0.717) is 19.5 Å². The Morgan fingerprint density at radius 1 is 1.48 bits per heavy atom. The van der Waals surface area contributed by atoms with E-state index in [2.05, 4.69) is 15.3 Å². The van der Waals surface area contributed by atoms with Gasteiger partial charge < -0.3 is 15.0 Å².